The number of nitrogens with zero attached hydrogens (tertiary/aromatic N) is 1. The van der Waals surface area contributed by atoms with E-state index in [1.165, 1.54) is 5.56 Å². The molecule has 0 aliphatic carbocycles. The molecule has 134 valence electrons. The predicted octanol–water partition coefficient (Wildman–Crippen LogP) is 3.17. The number of nitrogens with one attached hydrogen (secondary N) is 1. The van der Waals surface area contributed by atoms with Gasteiger partial charge in [0.05, 0.1) is 13.2 Å². The molecule has 0 radical (unpaired) electrons. The quantitative estimate of drug-likeness (QED) is 0.834. The summed E-state index contributed by atoms with van der Waals surface area (Å²) in [6.07, 6.45) is 2.27. The normalized spacial score (nSPS) is 17.0. The van der Waals surface area contributed by atoms with E-state index in [4.69, 9.17) is 4.74 Å². The summed E-state index contributed by atoms with van der Waals surface area (Å²) in [5.74, 6) is 0.638. The number of amides is 1. The third kappa shape index (κ3) is 4.81. The Morgan fingerprint density at radius 1 is 1.21 bits per heavy atom. The number of aryl methyl sites for hydroxylation is 2. The van der Waals surface area contributed by atoms with Crippen LogP contribution in [0.1, 0.15) is 48.2 Å². The summed E-state index contributed by atoms with van der Waals surface area (Å²) in [4.78, 5) is 15.1. The lowest BCUT2D eigenvalue weighted by Crippen LogP contribution is -2.52. The van der Waals surface area contributed by atoms with Crippen molar-refractivity contribution in [2.75, 3.05) is 32.8 Å². The molecule has 4 nitrogen and oxygen atoms in total. The van der Waals surface area contributed by atoms with Crippen LogP contribution >= 0.6 is 0 Å². The van der Waals surface area contributed by atoms with E-state index in [9.17, 15) is 4.79 Å². The zero-order valence-electron chi connectivity index (χ0n) is 15.6. The molecule has 1 amide bonds. The number of hydrogen-bond acceptors (Lipinski definition) is 3. The summed E-state index contributed by atoms with van der Waals surface area (Å²) in [5, 5.41) is 3.18. The molecule has 1 heterocycles. The number of carbonyl (C=O) groups is 1. The van der Waals surface area contributed by atoms with Gasteiger partial charge in [-0.25, -0.2) is 0 Å². The molecule has 1 atom stereocenters. The van der Waals surface area contributed by atoms with Gasteiger partial charge in [0.1, 0.15) is 0 Å². The molecule has 4 heteroatoms. The highest BCUT2D eigenvalue weighted by Gasteiger charge is 2.27. The minimum Gasteiger partial charge on any atom is -0.379 e. The Morgan fingerprint density at radius 2 is 1.88 bits per heavy atom. The van der Waals surface area contributed by atoms with E-state index in [0.717, 1.165) is 50.3 Å². The van der Waals surface area contributed by atoms with Gasteiger partial charge in [-0.2, -0.15) is 0 Å². The maximum Gasteiger partial charge on any atom is 0.251 e. The Balaban J connectivity index is 2.04. The molecule has 0 bridgehead atoms. The van der Waals surface area contributed by atoms with E-state index in [-0.39, 0.29) is 5.91 Å². The summed E-state index contributed by atoms with van der Waals surface area (Å²) in [6.45, 7) is 12.8. The van der Waals surface area contributed by atoms with Crippen molar-refractivity contribution in [3.8, 4) is 0 Å². The van der Waals surface area contributed by atoms with Crippen LogP contribution in [0, 0.1) is 19.8 Å². The first-order valence-electron chi connectivity index (χ1n) is 9.24. The lowest BCUT2D eigenvalue weighted by atomic mass is 9.92. The van der Waals surface area contributed by atoms with Crippen molar-refractivity contribution < 1.29 is 9.53 Å². The maximum absolute atomic E-state index is 12.6. The maximum atomic E-state index is 12.6. The van der Waals surface area contributed by atoms with E-state index in [1.54, 1.807) is 0 Å². The smallest absolute Gasteiger partial charge is 0.251 e. The van der Waals surface area contributed by atoms with E-state index in [1.807, 2.05) is 19.1 Å². The standard InChI is InChI=1S/C20H32N2O2/c1-5-17(6-2)19(22-9-11-24-12-10-22)14-21-20(23)18-8-7-15(3)13-16(18)4/h7-8,13,17,19H,5-6,9-12,14H2,1-4H3,(H,21,23). The largest absolute Gasteiger partial charge is 0.379 e. The Labute approximate surface area is 146 Å². The molecule has 1 aromatic rings. The second kappa shape index (κ2) is 9.19. The second-order valence-corrected chi connectivity index (χ2v) is 6.82. The van der Waals surface area contributed by atoms with Gasteiger partial charge in [-0.15, -0.1) is 0 Å². The molecule has 1 aliphatic rings. The fourth-order valence-corrected chi connectivity index (χ4v) is 3.70. The van der Waals surface area contributed by atoms with Gasteiger partial charge in [-0.05, 0) is 31.4 Å². The molecular formula is C20H32N2O2. The number of hydrogen-bond donors (Lipinski definition) is 1. The number of benzene rings is 1. The van der Waals surface area contributed by atoms with Crippen molar-refractivity contribution in [3.05, 3.63) is 34.9 Å². The summed E-state index contributed by atoms with van der Waals surface area (Å²) in [5.41, 5.74) is 3.01. The third-order valence-electron chi connectivity index (χ3n) is 5.21. The Hall–Kier alpha value is -1.39. The van der Waals surface area contributed by atoms with Gasteiger partial charge in [0.2, 0.25) is 0 Å². The number of ether oxygens (including phenoxy) is 1. The number of morpholine rings is 1. The van der Waals surface area contributed by atoms with E-state index >= 15 is 0 Å². The van der Waals surface area contributed by atoms with E-state index < -0.39 is 0 Å². The molecule has 1 N–H and O–H groups in total. The molecule has 1 saturated heterocycles. The molecule has 0 saturated carbocycles. The minimum atomic E-state index is 0.0386. The van der Waals surface area contributed by atoms with E-state index in [0.29, 0.717) is 18.5 Å². The van der Waals surface area contributed by atoms with Crippen LogP contribution in [0.25, 0.3) is 0 Å². The van der Waals surface area contributed by atoms with Crippen LogP contribution in [0.2, 0.25) is 0 Å². The molecule has 2 rings (SSSR count). The Kier molecular flexibility index (Phi) is 7.25. The highest BCUT2D eigenvalue weighted by Crippen LogP contribution is 2.20. The van der Waals surface area contributed by atoms with Crippen LogP contribution in [0.5, 0.6) is 0 Å². The predicted molar refractivity (Wildman–Crippen MR) is 98.5 cm³/mol. The molecule has 0 spiro atoms. The number of carbonyl (C=O) groups excluding carboxylic acids is 1. The molecular weight excluding hydrogens is 300 g/mol. The van der Waals surface area contributed by atoms with Crippen molar-refractivity contribution in [1.82, 2.24) is 10.2 Å². The molecule has 24 heavy (non-hydrogen) atoms. The van der Waals surface area contributed by atoms with Gasteiger partial charge in [-0.3, -0.25) is 9.69 Å². The zero-order valence-corrected chi connectivity index (χ0v) is 15.6. The Morgan fingerprint density at radius 3 is 2.46 bits per heavy atom. The first-order valence-corrected chi connectivity index (χ1v) is 9.24. The SMILES string of the molecule is CCC(CC)C(CNC(=O)c1ccc(C)cc1C)N1CCOCC1. The van der Waals surface area contributed by atoms with Crippen molar-refractivity contribution in [2.45, 2.75) is 46.6 Å². The monoisotopic (exact) mass is 332 g/mol. The number of rotatable bonds is 7. The average Bonchev–Trinajstić information content (AvgIpc) is 2.59. The average molecular weight is 332 g/mol. The van der Waals surface area contributed by atoms with Crippen molar-refractivity contribution in [1.29, 1.82) is 0 Å². The third-order valence-corrected chi connectivity index (χ3v) is 5.21. The summed E-state index contributed by atoms with van der Waals surface area (Å²) in [7, 11) is 0. The van der Waals surface area contributed by atoms with Gasteiger partial charge >= 0.3 is 0 Å². The van der Waals surface area contributed by atoms with Gasteiger partial charge in [-0.1, -0.05) is 44.4 Å². The lowest BCUT2D eigenvalue weighted by molar-refractivity contribution is 0.00191. The Bertz CT molecular complexity index is 534. The van der Waals surface area contributed by atoms with Gasteiger partial charge < -0.3 is 10.1 Å². The van der Waals surface area contributed by atoms with E-state index in [2.05, 4.69) is 37.1 Å². The molecule has 1 unspecified atom stereocenters. The van der Waals surface area contributed by atoms with Crippen LogP contribution in [-0.2, 0) is 4.74 Å². The molecule has 1 fully saturated rings. The molecule has 0 aromatic heterocycles. The van der Waals surface area contributed by atoms with Gasteiger partial charge in [0.15, 0.2) is 0 Å². The first kappa shape index (κ1) is 18.9. The zero-order chi connectivity index (χ0) is 17.5. The van der Waals surface area contributed by atoms with Crippen LogP contribution in [0.3, 0.4) is 0 Å². The second-order valence-electron chi connectivity index (χ2n) is 6.82. The van der Waals surface area contributed by atoms with Gasteiger partial charge in [0.25, 0.3) is 5.91 Å². The fourth-order valence-electron chi connectivity index (χ4n) is 3.70. The van der Waals surface area contributed by atoms with Crippen molar-refractivity contribution in [3.63, 3.8) is 0 Å². The summed E-state index contributed by atoms with van der Waals surface area (Å²) < 4.78 is 5.49. The van der Waals surface area contributed by atoms with Crippen molar-refractivity contribution >= 4 is 5.91 Å². The highest BCUT2D eigenvalue weighted by atomic mass is 16.5. The lowest BCUT2D eigenvalue weighted by Gasteiger charge is -2.38. The summed E-state index contributed by atoms with van der Waals surface area (Å²) >= 11 is 0. The van der Waals surface area contributed by atoms with Crippen molar-refractivity contribution in [2.24, 2.45) is 5.92 Å². The molecule has 1 aromatic carbocycles. The van der Waals surface area contributed by atoms with Gasteiger partial charge in [0, 0.05) is 31.2 Å². The van der Waals surface area contributed by atoms with Crippen LogP contribution in [0.15, 0.2) is 18.2 Å². The van der Waals surface area contributed by atoms with Crippen LogP contribution in [-0.4, -0.2) is 49.7 Å². The highest BCUT2D eigenvalue weighted by molar-refractivity contribution is 5.95. The topological polar surface area (TPSA) is 41.6 Å². The minimum absolute atomic E-state index is 0.0386. The van der Waals surface area contributed by atoms with Crippen LogP contribution in [0.4, 0.5) is 0 Å². The fraction of sp³-hybridized carbons (Fsp3) is 0.650. The first-order chi connectivity index (χ1) is 11.6. The molecule has 1 aliphatic heterocycles. The van der Waals surface area contributed by atoms with Crippen LogP contribution < -0.4 is 5.32 Å². The summed E-state index contributed by atoms with van der Waals surface area (Å²) in [6, 6.07) is 6.39.